The van der Waals surface area contributed by atoms with E-state index in [1.807, 2.05) is 0 Å². The summed E-state index contributed by atoms with van der Waals surface area (Å²) >= 11 is 1.73. The molecule has 1 saturated carbocycles. The molecule has 0 saturated heterocycles. The predicted octanol–water partition coefficient (Wildman–Crippen LogP) is 3.14. The van der Waals surface area contributed by atoms with Gasteiger partial charge in [0.15, 0.2) is 5.13 Å². The molecule has 2 aliphatic carbocycles. The number of fused-ring (bicyclic) bond motifs is 1. The number of thiazole rings is 1. The van der Waals surface area contributed by atoms with Crippen molar-refractivity contribution < 1.29 is 5.11 Å². The minimum atomic E-state index is -0.260. The highest BCUT2D eigenvalue weighted by molar-refractivity contribution is 7.15. The lowest BCUT2D eigenvalue weighted by atomic mass is 10.0. The SMILES string of the molecule is CCCN(CC1CC1)c1nc2c(s1)C(O)CCC2. The van der Waals surface area contributed by atoms with E-state index >= 15 is 0 Å². The molecule has 1 unspecified atom stereocenters. The van der Waals surface area contributed by atoms with Gasteiger partial charge in [-0.3, -0.25) is 0 Å². The first-order chi connectivity index (χ1) is 8.78. The Morgan fingerprint density at radius 2 is 2.22 bits per heavy atom. The fourth-order valence-corrected chi connectivity index (χ4v) is 3.83. The van der Waals surface area contributed by atoms with Gasteiger partial charge in [0.25, 0.3) is 0 Å². The van der Waals surface area contributed by atoms with Crippen LogP contribution in [0.25, 0.3) is 0 Å². The van der Waals surface area contributed by atoms with Crippen LogP contribution in [0.2, 0.25) is 0 Å². The first kappa shape index (κ1) is 12.4. The quantitative estimate of drug-likeness (QED) is 0.889. The molecule has 1 N–H and O–H groups in total. The van der Waals surface area contributed by atoms with Crippen molar-refractivity contribution in [1.82, 2.24) is 4.98 Å². The molecule has 3 rings (SSSR count). The average Bonchev–Trinajstić information content (AvgIpc) is 3.06. The van der Waals surface area contributed by atoms with Gasteiger partial charge in [-0.25, -0.2) is 4.98 Å². The van der Waals surface area contributed by atoms with Crippen molar-refractivity contribution in [3.8, 4) is 0 Å². The number of aromatic nitrogens is 1. The average molecular weight is 266 g/mol. The van der Waals surface area contributed by atoms with Gasteiger partial charge in [-0.15, -0.1) is 0 Å². The molecule has 100 valence electrons. The molecule has 0 bridgehead atoms. The number of aliphatic hydroxyl groups is 1. The van der Waals surface area contributed by atoms with Crippen LogP contribution in [0.5, 0.6) is 0 Å². The Kier molecular flexibility index (Phi) is 3.57. The van der Waals surface area contributed by atoms with Crippen molar-refractivity contribution in [2.75, 3.05) is 18.0 Å². The molecule has 0 radical (unpaired) electrons. The summed E-state index contributed by atoms with van der Waals surface area (Å²) in [7, 11) is 0. The molecule has 0 amide bonds. The van der Waals surface area contributed by atoms with Crippen molar-refractivity contribution in [1.29, 1.82) is 0 Å². The normalized spacial score (nSPS) is 22.9. The molecule has 2 aliphatic rings. The van der Waals surface area contributed by atoms with E-state index in [0.29, 0.717) is 0 Å². The van der Waals surface area contributed by atoms with Crippen molar-refractivity contribution >= 4 is 16.5 Å². The molecular weight excluding hydrogens is 244 g/mol. The van der Waals surface area contributed by atoms with Gasteiger partial charge in [-0.05, 0) is 44.4 Å². The van der Waals surface area contributed by atoms with Crippen LogP contribution in [-0.2, 0) is 6.42 Å². The summed E-state index contributed by atoms with van der Waals surface area (Å²) in [4.78, 5) is 8.36. The standard InChI is InChI=1S/C14H22N2OS/c1-2-8-16(9-10-6-7-10)14-15-11-4-3-5-12(17)13(11)18-14/h10,12,17H,2-9H2,1H3. The predicted molar refractivity (Wildman–Crippen MR) is 75.2 cm³/mol. The maximum atomic E-state index is 10.0. The van der Waals surface area contributed by atoms with Crippen LogP contribution in [0.15, 0.2) is 0 Å². The Bertz CT molecular complexity index is 414. The van der Waals surface area contributed by atoms with E-state index in [1.165, 1.54) is 19.3 Å². The topological polar surface area (TPSA) is 36.4 Å². The largest absolute Gasteiger partial charge is 0.388 e. The third-order valence-electron chi connectivity index (χ3n) is 3.85. The van der Waals surface area contributed by atoms with Gasteiger partial charge in [-0.1, -0.05) is 18.3 Å². The van der Waals surface area contributed by atoms with Gasteiger partial charge >= 0.3 is 0 Å². The fraction of sp³-hybridized carbons (Fsp3) is 0.786. The first-order valence-corrected chi connectivity index (χ1v) is 8.02. The van der Waals surface area contributed by atoms with Crippen molar-refractivity contribution in [3.63, 3.8) is 0 Å². The van der Waals surface area contributed by atoms with Crippen LogP contribution in [0.1, 0.15) is 55.7 Å². The molecule has 18 heavy (non-hydrogen) atoms. The van der Waals surface area contributed by atoms with Crippen LogP contribution in [-0.4, -0.2) is 23.2 Å². The number of aryl methyl sites for hydroxylation is 1. The van der Waals surface area contributed by atoms with Crippen molar-refractivity contribution in [2.45, 2.75) is 51.6 Å². The van der Waals surface area contributed by atoms with Gasteiger partial charge in [-0.2, -0.15) is 0 Å². The monoisotopic (exact) mass is 266 g/mol. The Labute approximate surface area is 113 Å². The van der Waals surface area contributed by atoms with Gasteiger partial charge in [0, 0.05) is 13.1 Å². The number of rotatable bonds is 5. The van der Waals surface area contributed by atoms with Gasteiger partial charge in [0.1, 0.15) is 0 Å². The smallest absolute Gasteiger partial charge is 0.185 e. The molecule has 0 spiro atoms. The molecule has 1 fully saturated rings. The van der Waals surface area contributed by atoms with E-state index in [9.17, 15) is 5.11 Å². The number of hydrogen-bond donors (Lipinski definition) is 1. The summed E-state index contributed by atoms with van der Waals surface area (Å²) in [6, 6.07) is 0. The maximum absolute atomic E-state index is 10.0. The third kappa shape index (κ3) is 2.54. The van der Waals surface area contributed by atoms with E-state index in [1.54, 1.807) is 11.3 Å². The summed E-state index contributed by atoms with van der Waals surface area (Å²) in [6.45, 7) is 4.48. The number of aliphatic hydroxyl groups excluding tert-OH is 1. The van der Waals surface area contributed by atoms with Crippen LogP contribution < -0.4 is 4.90 Å². The van der Waals surface area contributed by atoms with Gasteiger partial charge in [0.05, 0.1) is 16.7 Å². The highest BCUT2D eigenvalue weighted by Gasteiger charge is 2.28. The molecule has 1 atom stereocenters. The summed E-state index contributed by atoms with van der Waals surface area (Å²) in [6.07, 6.45) is 6.70. The molecule has 3 nitrogen and oxygen atoms in total. The van der Waals surface area contributed by atoms with E-state index in [-0.39, 0.29) is 6.10 Å². The van der Waals surface area contributed by atoms with Crippen LogP contribution in [0.4, 0.5) is 5.13 Å². The number of anilines is 1. The third-order valence-corrected chi connectivity index (χ3v) is 5.11. The van der Waals surface area contributed by atoms with Crippen molar-refractivity contribution in [2.24, 2.45) is 5.92 Å². The lowest BCUT2D eigenvalue weighted by molar-refractivity contribution is 0.160. The fourth-order valence-electron chi connectivity index (χ4n) is 2.67. The van der Waals surface area contributed by atoms with E-state index in [2.05, 4.69) is 11.8 Å². The zero-order chi connectivity index (χ0) is 12.5. The van der Waals surface area contributed by atoms with Crippen LogP contribution >= 0.6 is 11.3 Å². The second-order valence-corrected chi connectivity index (χ2v) is 6.61. The van der Waals surface area contributed by atoms with Gasteiger partial charge in [0.2, 0.25) is 0 Å². The summed E-state index contributed by atoms with van der Waals surface area (Å²) in [5.41, 5.74) is 1.16. The molecule has 0 aromatic carbocycles. The zero-order valence-corrected chi connectivity index (χ0v) is 11.9. The van der Waals surface area contributed by atoms with Crippen molar-refractivity contribution in [3.05, 3.63) is 10.6 Å². The summed E-state index contributed by atoms with van der Waals surface area (Å²) < 4.78 is 0. The molecule has 1 heterocycles. The van der Waals surface area contributed by atoms with E-state index in [0.717, 1.165) is 54.0 Å². The van der Waals surface area contributed by atoms with Crippen LogP contribution in [0.3, 0.4) is 0 Å². The van der Waals surface area contributed by atoms with E-state index in [4.69, 9.17) is 4.98 Å². The second-order valence-electron chi connectivity index (χ2n) is 5.60. The molecule has 4 heteroatoms. The Morgan fingerprint density at radius 3 is 2.89 bits per heavy atom. The highest BCUT2D eigenvalue weighted by atomic mass is 32.1. The molecule has 1 aromatic rings. The van der Waals surface area contributed by atoms with Gasteiger partial charge < -0.3 is 10.0 Å². The minimum absolute atomic E-state index is 0.260. The first-order valence-electron chi connectivity index (χ1n) is 7.20. The lowest BCUT2D eigenvalue weighted by Crippen LogP contribution is -2.26. The molecular formula is C14H22N2OS. The minimum Gasteiger partial charge on any atom is -0.388 e. The lowest BCUT2D eigenvalue weighted by Gasteiger charge is -2.20. The Hall–Kier alpha value is -0.610. The summed E-state index contributed by atoms with van der Waals surface area (Å²) in [5, 5.41) is 11.2. The highest BCUT2D eigenvalue weighted by Crippen LogP contribution is 2.39. The Balaban J connectivity index is 1.80. The van der Waals surface area contributed by atoms with E-state index < -0.39 is 0 Å². The number of nitrogens with zero attached hydrogens (tertiary/aromatic N) is 2. The maximum Gasteiger partial charge on any atom is 0.185 e. The molecule has 0 aliphatic heterocycles. The Morgan fingerprint density at radius 1 is 1.39 bits per heavy atom. The summed E-state index contributed by atoms with van der Waals surface area (Å²) in [5.74, 6) is 0.891. The zero-order valence-electron chi connectivity index (χ0n) is 11.1. The van der Waals surface area contributed by atoms with Crippen LogP contribution in [0, 0.1) is 5.92 Å². The number of hydrogen-bond acceptors (Lipinski definition) is 4. The molecule has 1 aromatic heterocycles. The second kappa shape index (κ2) is 5.17.